The minimum Gasteiger partial charge on any atom is -0.472 e. The number of hydrogen-bond donors (Lipinski definition) is 1. The minimum absolute atomic E-state index is 0. The van der Waals surface area contributed by atoms with E-state index in [9.17, 15) is 0 Å². The molecule has 1 N–H and O–H groups in total. The van der Waals surface area contributed by atoms with Gasteiger partial charge in [0.25, 0.3) is 0 Å². The largest absolute Gasteiger partial charge is 0.472 e. The molecule has 1 aliphatic carbocycles. The first-order valence-electron chi connectivity index (χ1n) is 8.38. The van der Waals surface area contributed by atoms with Crippen LogP contribution in [-0.2, 0) is 0 Å². The molecule has 0 aromatic carbocycles. The number of ether oxygens (including phenoxy) is 1. The van der Waals surface area contributed by atoms with Crippen molar-refractivity contribution in [2.45, 2.75) is 38.2 Å². The van der Waals surface area contributed by atoms with Gasteiger partial charge < -0.3 is 15.0 Å². The summed E-state index contributed by atoms with van der Waals surface area (Å²) in [5.74, 6) is 2.54. The Morgan fingerprint density at radius 1 is 1.35 bits per heavy atom. The highest BCUT2D eigenvalue weighted by atomic mass is 127. The second kappa shape index (κ2) is 9.30. The highest BCUT2D eigenvalue weighted by molar-refractivity contribution is 14.0. The molecule has 3 rings (SSSR count). The van der Waals surface area contributed by atoms with E-state index in [1.807, 2.05) is 25.2 Å². The van der Waals surface area contributed by atoms with Gasteiger partial charge in [-0.05, 0) is 24.8 Å². The summed E-state index contributed by atoms with van der Waals surface area (Å²) < 4.78 is 5.94. The summed E-state index contributed by atoms with van der Waals surface area (Å²) in [6.45, 7) is 2.91. The Morgan fingerprint density at radius 3 is 2.87 bits per heavy atom. The molecule has 1 aliphatic heterocycles. The van der Waals surface area contributed by atoms with Crippen molar-refractivity contribution in [3.63, 3.8) is 0 Å². The molecule has 5 nitrogen and oxygen atoms in total. The highest BCUT2D eigenvalue weighted by Gasteiger charge is 2.27. The van der Waals surface area contributed by atoms with Crippen LogP contribution >= 0.6 is 24.0 Å². The molecule has 1 aromatic heterocycles. The maximum absolute atomic E-state index is 5.94. The van der Waals surface area contributed by atoms with Crippen LogP contribution in [0.4, 0.5) is 0 Å². The Hall–Kier alpha value is -1.05. The molecule has 0 bridgehead atoms. The van der Waals surface area contributed by atoms with Gasteiger partial charge in [-0.1, -0.05) is 18.9 Å². The third-order valence-corrected chi connectivity index (χ3v) is 4.61. The third-order valence-electron chi connectivity index (χ3n) is 4.61. The first kappa shape index (κ1) is 18.3. The smallest absolute Gasteiger partial charge is 0.213 e. The number of aromatic nitrogens is 1. The molecule has 1 aromatic rings. The molecule has 0 amide bonds. The zero-order valence-corrected chi connectivity index (χ0v) is 16.1. The molecule has 0 spiro atoms. The van der Waals surface area contributed by atoms with Crippen LogP contribution in [-0.4, -0.2) is 48.6 Å². The summed E-state index contributed by atoms with van der Waals surface area (Å²) in [6.07, 6.45) is 8.46. The van der Waals surface area contributed by atoms with Gasteiger partial charge in [-0.25, -0.2) is 4.98 Å². The Kier molecular flexibility index (Phi) is 7.39. The number of pyridine rings is 1. The summed E-state index contributed by atoms with van der Waals surface area (Å²) in [7, 11) is 1.86. The minimum atomic E-state index is 0. The first-order chi connectivity index (χ1) is 10.8. The highest BCUT2D eigenvalue weighted by Crippen LogP contribution is 2.24. The Bertz CT molecular complexity index is 491. The molecule has 2 fully saturated rings. The van der Waals surface area contributed by atoms with Crippen molar-refractivity contribution in [2.24, 2.45) is 10.9 Å². The van der Waals surface area contributed by atoms with Crippen LogP contribution < -0.4 is 10.1 Å². The van der Waals surface area contributed by atoms with Crippen molar-refractivity contribution in [1.29, 1.82) is 0 Å². The average molecular weight is 430 g/mol. The number of likely N-dealkylation sites (tertiary alicyclic amines) is 1. The molecule has 1 saturated heterocycles. The van der Waals surface area contributed by atoms with Gasteiger partial charge in [0.1, 0.15) is 6.10 Å². The van der Waals surface area contributed by atoms with Crippen molar-refractivity contribution in [3.05, 3.63) is 24.4 Å². The van der Waals surface area contributed by atoms with Crippen LogP contribution in [0.25, 0.3) is 0 Å². The lowest BCUT2D eigenvalue weighted by Crippen LogP contribution is -2.42. The van der Waals surface area contributed by atoms with E-state index in [0.29, 0.717) is 5.88 Å². The molecule has 1 unspecified atom stereocenters. The third kappa shape index (κ3) is 5.22. The van der Waals surface area contributed by atoms with Crippen LogP contribution in [0.1, 0.15) is 32.1 Å². The van der Waals surface area contributed by atoms with Crippen molar-refractivity contribution >= 4 is 29.9 Å². The fourth-order valence-corrected chi connectivity index (χ4v) is 3.39. The molecule has 128 valence electrons. The standard InChI is InChI=1S/C17H26N4O.HI/c1-18-17(20-12-14-6-2-3-7-14)21-11-9-15(13-21)22-16-8-4-5-10-19-16;/h4-5,8,10,14-15H,2-3,6-7,9,11-13H2,1H3,(H,18,20);1H. The molecule has 2 heterocycles. The van der Waals surface area contributed by atoms with E-state index in [1.165, 1.54) is 25.7 Å². The lowest BCUT2D eigenvalue weighted by Gasteiger charge is -2.23. The van der Waals surface area contributed by atoms with E-state index in [1.54, 1.807) is 6.20 Å². The molecule has 0 radical (unpaired) electrons. The fraction of sp³-hybridized carbons (Fsp3) is 0.647. The van der Waals surface area contributed by atoms with E-state index in [-0.39, 0.29) is 30.1 Å². The number of aliphatic imine (C=N–C) groups is 1. The van der Waals surface area contributed by atoms with Crippen LogP contribution in [0, 0.1) is 5.92 Å². The molecular weight excluding hydrogens is 403 g/mol. The monoisotopic (exact) mass is 430 g/mol. The molecule has 23 heavy (non-hydrogen) atoms. The fourth-order valence-electron chi connectivity index (χ4n) is 3.39. The normalized spacial score (nSPS) is 22.0. The van der Waals surface area contributed by atoms with Gasteiger partial charge in [-0.3, -0.25) is 4.99 Å². The molecule has 1 saturated carbocycles. The SMILES string of the molecule is CN=C(NCC1CCCC1)N1CCC(Oc2ccccn2)C1.I. The second-order valence-corrected chi connectivity index (χ2v) is 6.22. The summed E-state index contributed by atoms with van der Waals surface area (Å²) in [6, 6.07) is 5.77. The summed E-state index contributed by atoms with van der Waals surface area (Å²) in [5.41, 5.74) is 0. The number of nitrogens with one attached hydrogen (secondary N) is 1. The summed E-state index contributed by atoms with van der Waals surface area (Å²) in [4.78, 5) is 11.0. The van der Waals surface area contributed by atoms with E-state index in [2.05, 4.69) is 20.2 Å². The van der Waals surface area contributed by atoms with E-state index in [0.717, 1.165) is 37.9 Å². The first-order valence-corrected chi connectivity index (χ1v) is 8.38. The van der Waals surface area contributed by atoms with E-state index in [4.69, 9.17) is 4.74 Å². The van der Waals surface area contributed by atoms with E-state index >= 15 is 0 Å². The van der Waals surface area contributed by atoms with Crippen molar-refractivity contribution < 1.29 is 4.74 Å². The second-order valence-electron chi connectivity index (χ2n) is 6.22. The predicted octanol–water partition coefficient (Wildman–Crippen LogP) is 2.92. The van der Waals surface area contributed by atoms with Crippen LogP contribution in [0.15, 0.2) is 29.4 Å². The Labute approximate surface area is 155 Å². The lowest BCUT2D eigenvalue weighted by molar-refractivity contribution is 0.205. The van der Waals surface area contributed by atoms with Gasteiger partial charge in [-0.2, -0.15) is 0 Å². The molecule has 2 aliphatic rings. The predicted molar refractivity (Wildman–Crippen MR) is 104 cm³/mol. The number of hydrogen-bond acceptors (Lipinski definition) is 3. The van der Waals surface area contributed by atoms with Gasteiger partial charge in [0.05, 0.1) is 6.54 Å². The maximum Gasteiger partial charge on any atom is 0.213 e. The number of nitrogens with zero attached hydrogens (tertiary/aromatic N) is 3. The van der Waals surface area contributed by atoms with Gasteiger partial charge in [0, 0.05) is 38.8 Å². The quantitative estimate of drug-likeness (QED) is 0.454. The van der Waals surface area contributed by atoms with Gasteiger partial charge in [-0.15, -0.1) is 24.0 Å². The molecule has 6 heteroatoms. The van der Waals surface area contributed by atoms with Gasteiger partial charge in [0.2, 0.25) is 5.88 Å². The zero-order chi connectivity index (χ0) is 15.2. The number of guanidine groups is 1. The van der Waals surface area contributed by atoms with Crippen LogP contribution in [0.3, 0.4) is 0 Å². The number of rotatable bonds is 4. The molecule has 1 atom stereocenters. The van der Waals surface area contributed by atoms with Crippen LogP contribution in [0.2, 0.25) is 0 Å². The summed E-state index contributed by atoms with van der Waals surface area (Å²) >= 11 is 0. The Morgan fingerprint density at radius 2 is 2.17 bits per heavy atom. The van der Waals surface area contributed by atoms with Crippen LogP contribution in [0.5, 0.6) is 5.88 Å². The molecular formula is C17H27IN4O. The topological polar surface area (TPSA) is 49.8 Å². The zero-order valence-electron chi connectivity index (χ0n) is 13.8. The van der Waals surface area contributed by atoms with Crippen molar-refractivity contribution in [3.8, 4) is 5.88 Å². The van der Waals surface area contributed by atoms with Gasteiger partial charge in [0.15, 0.2) is 5.96 Å². The van der Waals surface area contributed by atoms with E-state index < -0.39 is 0 Å². The average Bonchev–Trinajstić information content (AvgIpc) is 3.21. The number of halogens is 1. The van der Waals surface area contributed by atoms with Gasteiger partial charge >= 0.3 is 0 Å². The Balaban J connectivity index is 0.00000192. The van der Waals surface area contributed by atoms with Crippen molar-refractivity contribution in [2.75, 3.05) is 26.7 Å². The lowest BCUT2D eigenvalue weighted by atomic mass is 10.1. The maximum atomic E-state index is 5.94. The van der Waals surface area contributed by atoms with Crippen molar-refractivity contribution in [1.82, 2.24) is 15.2 Å². The summed E-state index contributed by atoms with van der Waals surface area (Å²) in [5, 5.41) is 3.54.